The van der Waals surface area contributed by atoms with Gasteiger partial charge in [0.15, 0.2) is 0 Å². The Morgan fingerprint density at radius 2 is 2.00 bits per heavy atom. The molecule has 0 radical (unpaired) electrons. The van der Waals surface area contributed by atoms with Crippen LogP contribution in [0.15, 0.2) is 0 Å². The zero-order chi connectivity index (χ0) is 13.5. The van der Waals surface area contributed by atoms with Crippen molar-refractivity contribution in [2.45, 2.75) is 71.4 Å². The van der Waals surface area contributed by atoms with Gasteiger partial charge in [-0.05, 0) is 20.3 Å². The molecule has 0 aromatic rings. The summed E-state index contributed by atoms with van der Waals surface area (Å²) in [6.45, 7) is 6.62. The zero-order valence-corrected chi connectivity index (χ0v) is 11.9. The van der Waals surface area contributed by atoms with Crippen LogP contribution in [0, 0.1) is 0 Å². The number of amides is 2. The third-order valence-electron chi connectivity index (χ3n) is 3.54. The quantitative estimate of drug-likeness (QED) is 0.533. The summed E-state index contributed by atoms with van der Waals surface area (Å²) < 4.78 is 0. The lowest BCUT2D eigenvalue weighted by atomic mass is 10.1. The van der Waals surface area contributed by atoms with Crippen LogP contribution in [0.1, 0.15) is 59.3 Å². The van der Waals surface area contributed by atoms with E-state index in [-0.39, 0.29) is 17.9 Å². The van der Waals surface area contributed by atoms with Crippen LogP contribution in [-0.4, -0.2) is 35.3 Å². The van der Waals surface area contributed by atoms with Crippen molar-refractivity contribution in [3.05, 3.63) is 0 Å². The molecule has 2 atom stereocenters. The number of rotatable bonds is 8. The minimum Gasteiger partial charge on any atom is -0.303 e. The van der Waals surface area contributed by atoms with Crippen LogP contribution in [-0.2, 0) is 9.59 Å². The van der Waals surface area contributed by atoms with Crippen molar-refractivity contribution in [3.63, 3.8) is 0 Å². The lowest BCUT2D eigenvalue weighted by molar-refractivity contribution is -0.138. The van der Waals surface area contributed by atoms with Crippen LogP contribution >= 0.6 is 0 Å². The van der Waals surface area contributed by atoms with E-state index in [1.54, 1.807) is 0 Å². The Hall–Kier alpha value is -0.900. The van der Waals surface area contributed by atoms with Gasteiger partial charge < -0.3 is 5.32 Å². The Morgan fingerprint density at radius 1 is 1.28 bits per heavy atom. The predicted molar refractivity (Wildman–Crippen MR) is 72.2 cm³/mol. The molecule has 2 unspecified atom stereocenters. The number of nitrogens with zero attached hydrogens (tertiary/aromatic N) is 1. The molecule has 2 amide bonds. The molecule has 0 spiro atoms. The van der Waals surface area contributed by atoms with E-state index in [1.807, 2.05) is 6.92 Å². The molecule has 1 rings (SSSR count). The first-order valence-electron chi connectivity index (χ1n) is 7.20. The van der Waals surface area contributed by atoms with Crippen molar-refractivity contribution in [1.82, 2.24) is 10.2 Å². The van der Waals surface area contributed by atoms with Gasteiger partial charge in [0.25, 0.3) is 0 Å². The second-order valence-corrected chi connectivity index (χ2v) is 5.15. The Bertz CT molecular complexity index is 292. The molecule has 4 heteroatoms. The molecule has 4 nitrogen and oxygen atoms in total. The van der Waals surface area contributed by atoms with Crippen molar-refractivity contribution >= 4 is 11.8 Å². The van der Waals surface area contributed by atoms with Crippen LogP contribution in [0.2, 0.25) is 0 Å². The second-order valence-electron chi connectivity index (χ2n) is 5.15. The predicted octanol–water partition coefficient (Wildman–Crippen LogP) is 2.08. The van der Waals surface area contributed by atoms with Crippen molar-refractivity contribution < 1.29 is 9.59 Å². The highest BCUT2D eigenvalue weighted by Gasteiger charge is 2.37. The summed E-state index contributed by atoms with van der Waals surface area (Å²) in [5.74, 6) is -0.0962. The number of hydrogen-bond donors (Lipinski definition) is 1. The SMILES string of the molecule is CCCCCCC(C)NC1CC(=O)N(CC)C1=O. The first-order valence-corrected chi connectivity index (χ1v) is 7.20. The number of likely N-dealkylation sites (N-methyl/N-ethyl adjacent to an activating group) is 1. The Morgan fingerprint density at radius 3 is 2.56 bits per heavy atom. The molecule has 1 saturated heterocycles. The zero-order valence-electron chi connectivity index (χ0n) is 11.9. The van der Waals surface area contributed by atoms with Crippen molar-refractivity contribution in [3.8, 4) is 0 Å². The molecule has 1 fully saturated rings. The smallest absolute Gasteiger partial charge is 0.246 e. The lowest BCUT2D eigenvalue weighted by Gasteiger charge is -2.18. The normalized spacial score (nSPS) is 21.7. The lowest BCUT2D eigenvalue weighted by Crippen LogP contribution is -2.42. The molecule has 0 aliphatic carbocycles. The fourth-order valence-corrected chi connectivity index (χ4v) is 2.45. The maximum absolute atomic E-state index is 11.9. The third-order valence-corrected chi connectivity index (χ3v) is 3.54. The molecule has 1 heterocycles. The number of imide groups is 1. The van der Waals surface area contributed by atoms with Crippen LogP contribution in [0.3, 0.4) is 0 Å². The number of unbranched alkanes of at least 4 members (excludes halogenated alkanes) is 3. The average Bonchev–Trinajstić information content (AvgIpc) is 2.60. The molecule has 0 aromatic carbocycles. The van der Waals surface area contributed by atoms with Gasteiger partial charge in [-0.15, -0.1) is 0 Å². The minimum absolute atomic E-state index is 0.0433. The summed E-state index contributed by atoms with van der Waals surface area (Å²) in [7, 11) is 0. The van der Waals surface area contributed by atoms with Crippen molar-refractivity contribution in [1.29, 1.82) is 0 Å². The van der Waals surface area contributed by atoms with E-state index >= 15 is 0 Å². The van der Waals surface area contributed by atoms with Crippen LogP contribution in [0.4, 0.5) is 0 Å². The number of carbonyl (C=O) groups excluding carboxylic acids is 2. The van der Waals surface area contributed by atoms with E-state index in [1.165, 1.54) is 30.6 Å². The Labute approximate surface area is 110 Å². The van der Waals surface area contributed by atoms with E-state index in [0.29, 0.717) is 19.0 Å². The Balaban J connectivity index is 2.30. The number of carbonyl (C=O) groups is 2. The highest BCUT2D eigenvalue weighted by atomic mass is 16.2. The summed E-state index contributed by atoms with van der Waals surface area (Å²) in [5, 5.41) is 3.29. The van der Waals surface area contributed by atoms with Gasteiger partial charge in [0, 0.05) is 12.6 Å². The van der Waals surface area contributed by atoms with Gasteiger partial charge >= 0.3 is 0 Å². The first kappa shape index (κ1) is 15.2. The second kappa shape index (κ2) is 7.52. The molecule has 1 aliphatic heterocycles. The maximum Gasteiger partial charge on any atom is 0.246 e. The third kappa shape index (κ3) is 4.09. The Kier molecular flexibility index (Phi) is 6.33. The monoisotopic (exact) mass is 254 g/mol. The van der Waals surface area contributed by atoms with E-state index in [0.717, 1.165) is 6.42 Å². The van der Waals surface area contributed by atoms with Gasteiger partial charge in [-0.2, -0.15) is 0 Å². The van der Waals surface area contributed by atoms with Crippen molar-refractivity contribution in [2.24, 2.45) is 0 Å². The molecular weight excluding hydrogens is 228 g/mol. The van der Waals surface area contributed by atoms with Gasteiger partial charge in [-0.3, -0.25) is 14.5 Å². The van der Waals surface area contributed by atoms with Gasteiger partial charge in [-0.1, -0.05) is 32.6 Å². The summed E-state index contributed by atoms with van der Waals surface area (Å²) >= 11 is 0. The number of nitrogens with one attached hydrogen (secondary N) is 1. The standard InChI is InChI=1S/C14H26N2O2/c1-4-6-7-8-9-11(3)15-12-10-13(17)16(5-2)14(12)18/h11-12,15H,4-10H2,1-3H3. The number of hydrogen-bond acceptors (Lipinski definition) is 3. The summed E-state index contributed by atoms with van der Waals surface area (Å²) in [5.41, 5.74) is 0. The maximum atomic E-state index is 11.9. The highest BCUT2D eigenvalue weighted by Crippen LogP contribution is 2.14. The first-order chi connectivity index (χ1) is 8.60. The van der Waals surface area contributed by atoms with E-state index in [4.69, 9.17) is 0 Å². The number of likely N-dealkylation sites (tertiary alicyclic amines) is 1. The van der Waals surface area contributed by atoms with Gasteiger partial charge in [0.05, 0.1) is 12.5 Å². The van der Waals surface area contributed by atoms with Crippen LogP contribution in [0.5, 0.6) is 0 Å². The van der Waals surface area contributed by atoms with Crippen LogP contribution < -0.4 is 5.32 Å². The van der Waals surface area contributed by atoms with Gasteiger partial charge in [-0.25, -0.2) is 0 Å². The minimum atomic E-state index is -0.293. The fourth-order valence-electron chi connectivity index (χ4n) is 2.45. The molecule has 1 aliphatic rings. The molecule has 1 N–H and O–H groups in total. The highest BCUT2D eigenvalue weighted by molar-refractivity contribution is 6.05. The molecule has 0 aromatic heterocycles. The molecule has 104 valence electrons. The average molecular weight is 254 g/mol. The van der Waals surface area contributed by atoms with Crippen LogP contribution in [0.25, 0.3) is 0 Å². The molecular formula is C14H26N2O2. The fraction of sp³-hybridized carbons (Fsp3) is 0.857. The van der Waals surface area contributed by atoms with Crippen molar-refractivity contribution in [2.75, 3.05) is 6.54 Å². The molecule has 0 bridgehead atoms. The summed E-state index contributed by atoms with van der Waals surface area (Å²) in [6.07, 6.45) is 6.35. The van der Waals surface area contributed by atoms with E-state index in [9.17, 15) is 9.59 Å². The van der Waals surface area contributed by atoms with Gasteiger partial charge in [0.1, 0.15) is 0 Å². The van der Waals surface area contributed by atoms with E-state index in [2.05, 4.69) is 19.2 Å². The molecule has 0 saturated carbocycles. The topological polar surface area (TPSA) is 49.4 Å². The largest absolute Gasteiger partial charge is 0.303 e. The summed E-state index contributed by atoms with van der Waals surface area (Å²) in [6, 6.07) is 0.0130. The van der Waals surface area contributed by atoms with E-state index < -0.39 is 0 Å². The van der Waals surface area contributed by atoms with Gasteiger partial charge in [0.2, 0.25) is 11.8 Å². The summed E-state index contributed by atoms with van der Waals surface area (Å²) in [4.78, 5) is 24.8. The molecule has 18 heavy (non-hydrogen) atoms.